The van der Waals surface area contributed by atoms with Gasteiger partial charge in [-0.1, -0.05) is 47.2 Å². The van der Waals surface area contributed by atoms with Crippen molar-refractivity contribution in [1.29, 1.82) is 0 Å². The van der Waals surface area contributed by atoms with Crippen LogP contribution < -0.4 is 9.61 Å². The average molecular weight is 532 g/mol. The second-order valence-corrected chi connectivity index (χ2v) is 9.35. The van der Waals surface area contributed by atoms with Crippen LogP contribution in [0.1, 0.15) is 27.0 Å². The molecule has 0 atom stereocenters. The number of ether oxygens (including phenoxy) is 3. The molecule has 0 bridgehead atoms. The van der Waals surface area contributed by atoms with Gasteiger partial charge in [0.25, 0.3) is 0 Å². The Hall–Kier alpha value is -4.50. The number of thiazole rings is 1. The molecule has 0 fully saturated rings. The Morgan fingerprint density at radius 2 is 1.58 bits per heavy atom. The molecule has 0 N–H and O–H groups in total. The lowest BCUT2D eigenvalue weighted by molar-refractivity contribution is -0.143. The van der Waals surface area contributed by atoms with E-state index in [0.29, 0.717) is 29.0 Å². The van der Waals surface area contributed by atoms with E-state index >= 15 is 0 Å². The normalized spacial score (nSPS) is 10.6. The number of ketones is 1. The molecule has 194 valence electrons. The fraction of sp³-hybridized carbons (Fsp3) is 0.172. The second kappa shape index (κ2) is 11.7. The van der Waals surface area contributed by atoms with Crippen LogP contribution in [-0.4, -0.2) is 43.1 Å². The van der Waals surface area contributed by atoms with E-state index < -0.39 is 11.9 Å². The largest absolute Gasteiger partial charge is 0.492 e. The van der Waals surface area contributed by atoms with Gasteiger partial charge in [-0.25, -0.2) is 9.59 Å². The Kier molecular flexibility index (Phi) is 8.18. The molecule has 8 nitrogen and oxygen atoms in total. The van der Waals surface area contributed by atoms with Crippen molar-refractivity contribution in [3.63, 3.8) is 0 Å². The van der Waals surface area contributed by atoms with E-state index in [1.54, 1.807) is 53.1 Å². The lowest BCUT2D eigenvalue weighted by atomic mass is 10.0. The van der Waals surface area contributed by atoms with Crippen molar-refractivity contribution in [3.8, 4) is 5.75 Å². The molecule has 9 heteroatoms. The van der Waals surface area contributed by atoms with Gasteiger partial charge in [-0.3, -0.25) is 14.2 Å². The lowest BCUT2D eigenvalue weighted by Gasteiger charge is -2.08. The third kappa shape index (κ3) is 5.90. The van der Waals surface area contributed by atoms with E-state index in [1.165, 1.54) is 20.3 Å². The Bertz CT molecular complexity index is 1580. The molecular weight excluding hydrogens is 506 g/mol. The minimum absolute atomic E-state index is 0.0880. The molecule has 0 aliphatic heterocycles. The quantitative estimate of drug-likeness (QED) is 0.104. The molecule has 3 aromatic carbocycles. The van der Waals surface area contributed by atoms with E-state index in [4.69, 9.17) is 4.74 Å². The summed E-state index contributed by atoms with van der Waals surface area (Å²) in [7, 11) is 2.37. The first kappa shape index (κ1) is 26.6. The molecule has 0 aliphatic carbocycles. The van der Waals surface area contributed by atoms with Crippen molar-refractivity contribution in [2.45, 2.75) is 13.5 Å². The smallest absolute Gasteiger partial charge is 0.345 e. The first-order valence-electron chi connectivity index (χ1n) is 11.7. The SMILES string of the molecule is COC(=O)C(=Cc1ccc(OCCn2c(=O)sc3cc(C(=O)c4cccc(C)c4)ccc32)cc1)C(=O)OC. The third-order valence-electron chi connectivity index (χ3n) is 5.80. The van der Waals surface area contributed by atoms with Gasteiger partial charge in [0, 0.05) is 11.1 Å². The topological polar surface area (TPSA) is 101 Å². The summed E-state index contributed by atoms with van der Waals surface area (Å²) in [5, 5.41) is 0. The maximum atomic E-state index is 12.9. The molecule has 1 heterocycles. The third-order valence-corrected chi connectivity index (χ3v) is 6.74. The fourth-order valence-corrected chi connectivity index (χ4v) is 4.83. The van der Waals surface area contributed by atoms with E-state index in [9.17, 15) is 19.2 Å². The van der Waals surface area contributed by atoms with Crippen molar-refractivity contribution in [3.05, 3.63) is 104 Å². The minimum atomic E-state index is -0.794. The van der Waals surface area contributed by atoms with Gasteiger partial charge >= 0.3 is 16.8 Å². The summed E-state index contributed by atoms with van der Waals surface area (Å²) < 4.78 is 17.4. The maximum Gasteiger partial charge on any atom is 0.345 e. The minimum Gasteiger partial charge on any atom is -0.492 e. The highest BCUT2D eigenvalue weighted by molar-refractivity contribution is 7.16. The van der Waals surface area contributed by atoms with E-state index in [1.807, 2.05) is 25.1 Å². The van der Waals surface area contributed by atoms with Crippen LogP contribution in [0.4, 0.5) is 0 Å². The van der Waals surface area contributed by atoms with Crippen molar-refractivity contribution < 1.29 is 28.6 Å². The van der Waals surface area contributed by atoms with Gasteiger partial charge in [0.05, 0.1) is 31.0 Å². The summed E-state index contributed by atoms with van der Waals surface area (Å²) in [6.07, 6.45) is 1.37. The molecule has 0 unspecified atom stereocenters. The molecule has 0 saturated heterocycles. The first-order valence-corrected chi connectivity index (χ1v) is 12.5. The zero-order valence-corrected chi connectivity index (χ0v) is 21.9. The lowest BCUT2D eigenvalue weighted by Crippen LogP contribution is -2.17. The molecule has 4 aromatic rings. The Morgan fingerprint density at radius 1 is 0.895 bits per heavy atom. The van der Waals surface area contributed by atoms with Crippen molar-refractivity contribution >= 4 is 45.4 Å². The molecule has 0 spiro atoms. The van der Waals surface area contributed by atoms with Gasteiger partial charge in [0.2, 0.25) is 0 Å². The number of methoxy groups -OCH3 is 2. The number of fused-ring (bicyclic) bond motifs is 1. The molecule has 4 rings (SSSR count). The number of rotatable bonds is 9. The number of nitrogens with zero attached hydrogens (tertiary/aromatic N) is 1. The van der Waals surface area contributed by atoms with Crippen LogP contribution in [0.2, 0.25) is 0 Å². The summed E-state index contributed by atoms with van der Waals surface area (Å²) in [6.45, 7) is 2.49. The highest BCUT2D eigenvalue weighted by atomic mass is 32.1. The summed E-state index contributed by atoms with van der Waals surface area (Å²) in [4.78, 5) is 49.1. The van der Waals surface area contributed by atoms with Crippen molar-refractivity contribution in [1.82, 2.24) is 4.57 Å². The Balaban J connectivity index is 1.44. The Labute approximate surface area is 222 Å². The highest BCUT2D eigenvalue weighted by Gasteiger charge is 2.19. The number of hydrogen-bond donors (Lipinski definition) is 0. The number of carbonyl (C=O) groups excluding carboxylic acids is 3. The maximum absolute atomic E-state index is 12.9. The number of carbonyl (C=O) groups is 3. The number of aryl methyl sites for hydroxylation is 1. The summed E-state index contributed by atoms with van der Waals surface area (Å²) in [5.74, 6) is -1.12. The van der Waals surface area contributed by atoms with Crippen LogP contribution in [0, 0.1) is 6.92 Å². The molecule has 38 heavy (non-hydrogen) atoms. The molecule has 1 aromatic heterocycles. The summed E-state index contributed by atoms with van der Waals surface area (Å²) >= 11 is 1.09. The van der Waals surface area contributed by atoms with Crippen LogP contribution in [0.25, 0.3) is 16.3 Å². The van der Waals surface area contributed by atoms with Crippen LogP contribution >= 0.6 is 11.3 Å². The number of benzene rings is 3. The second-order valence-electron chi connectivity index (χ2n) is 8.36. The van der Waals surface area contributed by atoms with Gasteiger partial charge < -0.3 is 14.2 Å². The van der Waals surface area contributed by atoms with Gasteiger partial charge in [-0.2, -0.15) is 0 Å². The summed E-state index contributed by atoms with van der Waals surface area (Å²) in [5.41, 5.74) is 3.24. The monoisotopic (exact) mass is 531 g/mol. The molecule has 0 aliphatic rings. The van der Waals surface area contributed by atoms with E-state index in [-0.39, 0.29) is 22.8 Å². The van der Waals surface area contributed by atoms with Gasteiger partial charge in [-0.05, 0) is 55.0 Å². The highest BCUT2D eigenvalue weighted by Crippen LogP contribution is 2.22. The van der Waals surface area contributed by atoms with Crippen molar-refractivity contribution in [2.75, 3.05) is 20.8 Å². The molecule has 0 radical (unpaired) electrons. The van der Waals surface area contributed by atoms with E-state index in [0.717, 1.165) is 27.1 Å². The van der Waals surface area contributed by atoms with Crippen LogP contribution in [0.5, 0.6) is 5.75 Å². The van der Waals surface area contributed by atoms with Gasteiger partial charge in [0.15, 0.2) is 5.78 Å². The fourth-order valence-electron chi connectivity index (χ4n) is 3.88. The standard InChI is InChI=1S/C29H25NO7S/c1-18-5-4-6-20(15-18)26(31)21-9-12-24-25(17-21)38-29(34)30(24)13-14-37-22-10-7-19(8-11-22)16-23(27(32)35-2)28(33)36-3/h4-12,15-17H,13-14H2,1-3H3. The molecular formula is C29H25NO7S. The predicted molar refractivity (Wildman–Crippen MR) is 145 cm³/mol. The van der Waals surface area contributed by atoms with Gasteiger partial charge in [0.1, 0.15) is 17.9 Å². The number of hydrogen-bond acceptors (Lipinski definition) is 8. The first-order chi connectivity index (χ1) is 18.3. The predicted octanol–water partition coefficient (Wildman–Crippen LogP) is 4.41. The van der Waals surface area contributed by atoms with Crippen LogP contribution in [0.15, 0.2) is 77.1 Å². The zero-order valence-electron chi connectivity index (χ0n) is 21.1. The zero-order chi connectivity index (χ0) is 27.2. The number of esters is 2. The molecule has 0 amide bonds. The van der Waals surface area contributed by atoms with Crippen LogP contribution in [-0.2, 0) is 25.6 Å². The molecule has 0 saturated carbocycles. The van der Waals surface area contributed by atoms with E-state index in [2.05, 4.69) is 9.47 Å². The van der Waals surface area contributed by atoms with Crippen molar-refractivity contribution in [2.24, 2.45) is 0 Å². The van der Waals surface area contributed by atoms with Crippen LogP contribution in [0.3, 0.4) is 0 Å². The Morgan fingerprint density at radius 3 is 2.24 bits per heavy atom. The number of aromatic nitrogens is 1. The summed E-state index contributed by atoms with van der Waals surface area (Å²) in [6, 6.07) is 19.4. The van der Waals surface area contributed by atoms with Gasteiger partial charge in [-0.15, -0.1) is 0 Å². The average Bonchev–Trinajstić information content (AvgIpc) is 3.25.